The zero-order chi connectivity index (χ0) is 15.7. The van der Waals surface area contributed by atoms with Gasteiger partial charge in [-0.25, -0.2) is 9.97 Å². The topological polar surface area (TPSA) is 81.0 Å². The molecule has 3 rings (SSSR count). The van der Waals surface area contributed by atoms with Gasteiger partial charge in [0.1, 0.15) is 12.0 Å². The molecule has 0 bridgehead atoms. The van der Waals surface area contributed by atoms with E-state index in [9.17, 15) is 10.1 Å². The summed E-state index contributed by atoms with van der Waals surface area (Å²) in [6, 6.07) is 4.95. The van der Waals surface area contributed by atoms with E-state index in [1.807, 2.05) is 18.4 Å². The second-order valence-corrected chi connectivity index (χ2v) is 5.53. The summed E-state index contributed by atoms with van der Waals surface area (Å²) in [6.07, 6.45) is 3.17. The van der Waals surface area contributed by atoms with Gasteiger partial charge in [-0.05, 0) is 12.5 Å². The molecule has 6 nitrogen and oxygen atoms in total. The van der Waals surface area contributed by atoms with Gasteiger partial charge in [0.15, 0.2) is 5.82 Å². The zero-order valence-electron chi connectivity index (χ0n) is 11.7. The SMILES string of the molecule is C=Cc1csc2c(Nc3c(C)cccc3[N+](=O)[O-])ncnc12. The Balaban J connectivity index is 2.14. The molecule has 0 aliphatic carbocycles. The van der Waals surface area contributed by atoms with E-state index in [0.717, 1.165) is 21.3 Å². The van der Waals surface area contributed by atoms with Crippen LogP contribution < -0.4 is 5.32 Å². The Bertz CT molecular complexity index is 888. The van der Waals surface area contributed by atoms with Gasteiger partial charge in [0.2, 0.25) is 0 Å². The van der Waals surface area contributed by atoms with E-state index in [1.165, 1.54) is 23.7 Å². The number of nitro benzene ring substituents is 1. The maximum absolute atomic E-state index is 11.2. The Hall–Kier alpha value is -2.80. The summed E-state index contributed by atoms with van der Waals surface area (Å²) in [5, 5.41) is 16.2. The highest BCUT2D eigenvalue weighted by molar-refractivity contribution is 7.18. The number of thiophene rings is 1. The summed E-state index contributed by atoms with van der Waals surface area (Å²) in [4.78, 5) is 19.3. The lowest BCUT2D eigenvalue weighted by molar-refractivity contribution is -0.384. The predicted molar refractivity (Wildman–Crippen MR) is 88.6 cm³/mol. The van der Waals surface area contributed by atoms with Crippen molar-refractivity contribution in [1.82, 2.24) is 9.97 Å². The normalized spacial score (nSPS) is 10.6. The molecule has 2 aromatic heterocycles. The molecule has 0 atom stereocenters. The average Bonchev–Trinajstić information content (AvgIpc) is 2.93. The number of nitrogens with one attached hydrogen (secondary N) is 1. The van der Waals surface area contributed by atoms with Gasteiger partial charge >= 0.3 is 0 Å². The maximum Gasteiger partial charge on any atom is 0.292 e. The minimum absolute atomic E-state index is 0.0206. The summed E-state index contributed by atoms with van der Waals surface area (Å²) in [6.45, 7) is 5.57. The molecule has 0 spiro atoms. The van der Waals surface area contributed by atoms with Crippen molar-refractivity contribution >= 4 is 44.8 Å². The summed E-state index contributed by atoms with van der Waals surface area (Å²) in [5.74, 6) is 0.556. The Kier molecular flexibility index (Phi) is 3.56. The smallest absolute Gasteiger partial charge is 0.292 e. The highest BCUT2D eigenvalue weighted by Crippen LogP contribution is 2.35. The number of anilines is 2. The van der Waals surface area contributed by atoms with Gasteiger partial charge in [-0.3, -0.25) is 10.1 Å². The van der Waals surface area contributed by atoms with E-state index in [-0.39, 0.29) is 5.69 Å². The molecule has 22 heavy (non-hydrogen) atoms. The van der Waals surface area contributed by atoms with Gasteiger partial charge in [0.25, 0.3) is 5.69 Å². The molecule has 1 aromatic carbocycles. The number of hydrogen-bond donors (Lipinski definition) is 1. The largest absolute Gasteiger partial charge is 0.333 e. The summed E-state index contributed by atoms with van der Waals surface area (Å²) >= 11 is 1.48. The molecule has 0 unspecified atom stereocenters. The van der Waals surface area contributed by atoms with Crippen molar-refractivity contribution in [3.8, 4) is 0 Å². The number of aryl methyl sites for hydroxylation is 1. The van der Waals surface area contributed by atoms with Crippen LogP contribution in [0.4, 0.5) is 17.2 Å². The third kappa shape index (κ3) is 2.31. The molecule has 3 aromatic rings. The van der Waals surface area contributed by atoms with Gasteiger partial charge in [-0.1, -0.05) is 24.8 Å². The molecule has 2 heterocycles. The van der Waals surface area contributed by atoms with Crippen molar-refractivity contribution in [2.45, 2.75) is 6.92 Å². The Labute approximate surface area is 130 Å². The molecule has 0 aliphatic heterocycles. The number of nitrogens with zero attached hydrogens (tertiary/aromatic N) is 3. The molecule has 1 N–H and O–H groups in total. The van der Waals surface area contributed by atoms with Crippen LogP contribution in [0.15, 0.2) is 36.5 Å². The van der Waals surface area contributed by atoms with Crippen molar-refractivity contribution in [2.75, 3.05) is 5.32 Å². The summed E-state index contributed by atoms with van der Waals surface area (Å²) < 4.78 is 0.843. The lowest BCUT2D eigenvalue weighted by atomic mass is 10.1. The third-order valence-electron chi connectivity index (χ3n) is 3.29. The second kappa shape index (κ2) is 5.53. The lowest BCUT2D eigenvalue weighted by Crippen LogP contribution is -2.01. The van der Waals surface area contributed by atoms with Gasteiger partial charge in [-0.2, -0.15) is 0 Å². The molecule has 0 amide bonds. The van der Waals surface area contributed by atoms with Crippen molar-refractivity contribution < 1.29 is 4.92 Å². The Morgan fingerprint density at radius 2 is 2.23 bits per heavy atom. The fraction of sp³-hybridized carbons (Fsp3) is 0.0667. The first-order valence-electron chi connectivity index (χ1n) is 6.47. The van der Waals surface area contributed by atoms with E-state index in [2.05, 4.69) is 21.9 Å². The number of rotatable bonds is 4. The molecule has 7 heteroatoms. The van der Waals surface area contributed by atoms with Crippen LogP contribution in [-0.2, 0) is 0 Å². The monoisotopic (exact) mass is 312 g/mol. The average molecular weight is 312 g/mol. The Morgan fingerprint density at radius 3 is 2.95 bits per heavy atom. The van der Waals surface area contributed by atoms with Crippen LogP contribution in [0.25, 0.3) is 16.3 Å². The molecule has 110 valence electrons. The first-order valence-corrected chi connectivity index (χ1v) is 7.35. The standard InChI is InChI=1S/C15H12N4O2S/c1-3-10-7-22-14-13(10)16-8-17-15(14)18-12-9(2)5-4-6-11(12)19(20)21/h3-8H,1H2,2H3,(H,16,17,18). The van der Waals surface area contributed by atoms with Crippen LogP contribution in [0.3, 0.4) is 0 Å². The van der Waals surface area contributed by atoms with Crippen molar-refractivity contribution in [1.29, 1.82) is 0 Å². The van der Waals surface area contributed by atoms with E-state index >= 15 is 0 Å². The third-order valence-corrected chi connectivity index (χ3v) is 4.29. The molecule has 0 aliphatic rings. The fourth-order valence-electron chi connectivity index (χ4n) is 2.19. The number of fused-ring (bicyclic) bond motifs is 1. The molecular weight excluding hydrogens is 300 g/mol. The van der Waals surface area contributed by atoms with Crippen LogP contribution in [0, 0.1) is 17.0 Å². The van der Waals surface area contributed by atoms with E-state index in [0.29, 0.717) is 11.5 Å². The van der Waals surface area contributed by atoms with E-state index < -0.39 is 4.92 Å². The van der Waals surface area contributed by atoms with Crippen LogP contribution in [0.5, 0.6) is 0 Å². The van der Waals surface area contributed by atoms with Gasteiger partial charge in [-0.15, -0.1) is 11.3 Å². The Morgan fingerprint density at radius 1 is 1.41 bits per heavy atom. The molecular formula is C15H12N4O2S. The maximum atomic E-state index is 11.2. The number of benzene rings is 1. The van der Waals surface area contributed by atoms with E-state index in [4.69, 9.17) is 0 Å². The lowest BCUT2D eigenvalue weighted by Gasteiger charge is -2.09. The number of nitro groups is 1. The highest BCUT2D eigenvalue weighted by atomic mass is 32.1. The molecule has 0 saturated heterocycles. The minimum Gasteiger partial charge on any atom is -0.333 e. The number of para-hydroxylation sites is 1. The quantitative estimate of drug-likeness (QED) is 0.574. The number of aromatic nitrogens is 2. The van der Waals surface area contributed by atoms with Crippen LogP contribution in [0.1, 0.15) is 11.1 Å². The predicted octanol–water partition coefficient (Wildman–Crippen LogP) is 4.29. The first kappa shape index (κ1) is 14.2. The summed E-state index contributed by atoms with van der Waals surface area (Å²) in [5.41, 5.74) is 2.95. The van der Waals surface area contributed by atoms with Crippen molar-refractivity contribution in [3.63, 3.8) is 0 Å². The second-order valence-electron chi connectivity index (χ2n) is 4.65. The van der Waals surface area contributed by atoms with Crippen molar-refractivity contribution in [2.24, 2.45) is 0 Å². The molecule has 0 saturated carbocycles. The van der Waals surface area contributed by atoms with Crippen molar-refractivity contribution in [3.05, 3.63) is 57.7 Å². The molecule has 0 fully saturated rings. The summed E-state index contributed by atoms with van der Waals surface area (Å²) in [7, 11) is 0. The van der Waals surface area contributed by atoms with Crippen LogP contribution in [-0.4, -0.2) is 14.9 Å². The van der Waals surface area contributed by atoms with Gasteiger partial charge in [0.05, 0.1) is 15.1 Å². The molecule has 0 radical (unpaired) electrons. The van der Waals surface area contributed by atoms with Gasteiger partial charge in [0, 0.05) is 17.0 Å². The number of hydrogen-bond acceptors (Lipinski definition) is 6. The first-order chi connectivity index (χ1) is 10.6. The fourth-order valence-corrected chi connectivity index (χ4v) is 3.14. The zero-order valence-corrected chi connectivity index (χ0v) is 12.6. The van der Waals surface area contributed by atoms with Gasteiger partial charge < -0.3 is 5.32 Å². The highest BCUT2D eigenvalue weighted by Gasteiger charge is 2.18. The van der Waals surface area contributed by atoms with E-state index in [1.54, 1.807) is 12.1 Å². The van der Waals surface area contributed by atoms with Crippen LogP contribution in [0.2, 0.25) is 0 Å². The van der Waals surface area contributed by atoms with Crippen LogP contribution >= 0.6 is 11.3 Å². The minimum atomic E-state index is -0.405.